The van der Waals surface area contributed by atoms with Crippen LogP contribution in [0.5, 0.6) is 0 Å². The van der Waals surface area contributed by atoms with E-state index in [1.807, 2.05) is 12.3 Å². The molecule has 0 N–H and O–H groups in total. The summed E-state index contributed by atoms with van der Waals surface area (Å²) in [5.41, 5.74) is 0. The first-order chi connectivity index (χ1) is 11.9. The van der Waals surface area contributed by atoms with Crippen LogP contribution in [-0.2, 0) is 17.1 Å². The molecule has 10 heteroatoms. The predicted octanol–water partition coefficient (Wildman–Crippen LogP) is 0.892. The number of sulfonamides is 1. The molecule has 2 bridgehead atoms. The molecule has 3 saturated heterocycles. The molecule has 2 unspecified atom stereocenters. The lowest BCUT2D eigenvalue weighted by atomic mass is 9.91. The molecule has 134 valence electrons. The van der Waals surface area contributed by atoms with E-state index in [0.717, 1.165) is 17.4 Å². The number of thioether (sulfide) groups is 1. The number of piperazine rings is 1. The standard InChI is InChI=1S/C15H20N6O2S2/c1-10-17-14(9-19(10)2)25(22,23)21-11-6-12(21)8-20(7-11)13-4-5-16-15(18-13)24-3/h4-5,9,11-12H,6-8H2,1-3H3. The monoisotopic (exact) mass is 380 g/mol. The van der Waals surface area contributed by atoms with Gasteiger partial charge in [0.2, 0.25) is 0 Å². The van der Waals surface area contributed by atoms with Crippen LogP contribution in [0.3, 0.4) is 0 Å². The Hall–Kier alpha value is -1.65. The van der Waals surface area contributed by atoms with Crippen LogP contribution < -0.4 is 4.90 Å². The van der Waals surface area contributed by atoms with Crippen molar-refractivity contribution in [3.8, 4) is 0 Å². The summed E-state index contributed by atoms with van der Waals surface area (Å²) in [6.07, 6.45) is 6.17. The van der Waals surface area contributed by atoms with Crippen LogP contribution in [0.1, 0.15) is 12.2 Å². The highest BCUT2D eigenvalue weighted by atomic mass is 32.2. The van der Waals surface area contributed by atoms with E-state index >= 15 is 0 Å². The number of aromatic nitrogens is 4. The molecule has 8 nitrogen and oxygen atoms in total. The Bertz CT molecular complexity index is 881. The van der Waals surface area contributed by atoms with E-state index in [4.69, 9.17) is 0 Å². The number of fused-ring (bicyclic) bond motifs is 2. The number of nitrogens with zero attached hydrogens (tertiary/aromatic N) is 6. The Balaban J connectivity index is 1.55. The van der Waals surface area contributed by atoms with Gasteiger partial charge >= 0.3 is 0 Å². The van der Waals surface area contributed by atoms with Crippen molar-refractivity contribution in [1.29, 1.82) is 0 Å². The number of rotatable bonds is 4. The SMILES string of the molecule is CSc1nccc(N2CC3CC(C2)N3S(=O)(=O)c2cn(C)c(C)n2)n1. The van der Waals surface area contributed by atoms with Crippen molar-refractivity contribution < 1.29 is 8.42 Å². The molecule has 3 aliphatic heterocycles. The molecule has 0 spiro atoms. The number of anilines is 1. The van der Waals surface area contributed by atoms with Gasteiger partial charge in [0.1, 0.15) is 11.6 Å². The number of piperidine rings is 1. The lowest BCUT2D eigenvalue weighted by molar-refractivity contribution is 0.0870. The molecule has 25 heavy (non-hydrogen) atoms. The van der Waals surface area contributed by atoms with Crippen LogP contribution in [0, 0.1) is 6.92 Å². The molecule has 0 saturated carbocycles. The summed E-state index contributed by atoms with van der Waals surface area (Å²) in [5, 5.41) is 0.868. The average Bonchev–Trinajstić information content (AvgIpc) is 2.94. The maximum absolute atomic E-state index is 12.9. The average molecular weight is 380 g/mol. The Labute approximate surface area is 151 Å². The first kappa shape index (κ1) is 16.8. The maximum atomic E-state index is 12.9. The van der Waals surface area contributed by atoms with Gasteiger partial charge in [0, 0.05) is 44.6 Å². The lowest BCUT2D eigenvalue weighted by Gasteiger charge is -2.54. The molecule has 0 aromatic carbocycles. The van der Waals surface area contributed by atoms with Crippen LogP contribution in [0.2, 0.25) is 0 Å². The van der Waals surface area contributed by atoms with E-state index in [-0.39, 0.29) is 17.1 Å². The highest BCUT2D eigenvalue weighted by Gasteiger charge is 2.52. The summed E-state index contributed by atoms with van der Waals surface area (Å²) in [5.74, 6) is 1.55. The van der Waals surface area contributed by atoms with Gasteiger partial charge in [0.25, 0.3) is 10.0 Å². The third-order valence-corrected chi connectivity index (χ3v) is 7.32. The second-order valence-corrected chi connectivity index (χ2v) is 8.99. The van der Waals surface area contributed by atoms with Gasteiger partial charge in [-0.2, -0.15) is 4.31 Å². The zero-order valence-electron chi connectivity index (χ0n) is 14.3. The van der Waals surface area contributed by atoms with Gasteiger partial charge in [0.15, 0.2) is 10.2 Å². The number of hydrogen-bond acceptors (Lipinski definition) is 7. The smallest absolute Gasteiger partial charge is 0.262 e. The Morgan fingerprint density at radius 1 is 1.24 bits per heavy atom. The van der Waals surface area contributed by atoms with Crippen molar-refractivity contribution in [3.05, 3.63) is 24.3 Å². The second-order valence-electron chi connectivity index (χ2n) is 6.42. The van der Waals surface area contributed by atoms with Crippen LogP contribution in [0.4, 0.5) is 5.82 Å². The highest BCUT2D eigenvalue weighted by molar-refractivity contribution is 7.98. The quantitative estimate of drug-likeness (QED) is 0.575. The largest absolute Gasteiger partial charge is 0.353 e. The van der Waals surface area contributed by atoms with Crippen molar-refractivity contribution in [3.63, 3.8) is 0 Å². The van der Waals surface area contributed by atoms with E-state index in [0.29, 0.717) is 18.9 Å². The zero-order valence-corrected chi connectivity index (χ0v) is 16.0. The minimum Gasteiger partial charge on any atom is -0.353 e. The van der Waals surface area contributed by atoms with Gasteiger partial charge in [-0.3, -0.25) is 0 Å². The maximum Gasteiger partial charge on any atom is 0.262 e. The van der Waals surface area contributed by atoms with Gasteiger partial charge in [-0.05, 0) is 25.7 Å². The fourth-order valence-electron chi connectivity index (χ4n) is 3.52. The third-order valence-electron chi connectivity index (χ3n) is 4.88. The number of aryl methyl sites for hydroxylation is 2. The number of hydrogen-bond donors (Lipinski definition) is 0. The molecular weight excluding hydrogens is 360 g/mol. The second kappa shape index (κ2) is 5.96. The fourth-order valence-corrected chi connectivity index (χ4v) is 5.72. The first-order valence-corrected chi connectivity index (χ1v) is 10.7. The van der Waals surface area contributed by atoms with Crippen LogP contribution in [-0.4, -0.2) is 63.7 Å². The minimum absolute atomic E-state index is 0.0289. The summed E-state index contributed by atoms with van der Waals surface area (Å²) in [7, 11) is -1.74. The molecule has 3 aliphatic rings. The van der Waals surface area contributed by atoms with Crippen molar-refractivity contribution in [2.75, 3.05) is 24.2 Å². The minimum atomic E-state index is -3.54. The van der Waals surface area contributed by atoms with Gasteiger partial charge < -0.3 is 9.47 Å². The van der Waals surface area contributed by atoms with Crippen LogP contribution in [0.15, 0.2) is 28.6 Å². The molecule has 5 rings (SSSR count). The number of imidazole rings is 1. The summed E-state index contributed by atoms with van der Waals surface area (Å²) >= 11 is 1.50. The van der Waals surface area contributed by atoms with E-state index in [1.165, 1.54) is 11.8 Å². The molecule has 0 radical (unpaired) electrons. The van der Waals surface area contributed by atoms with Gasteiger partial charge in [0.05, 0.1) is 0 Å². The molecular formula is C15H20N6O2S2. The fraction of sp³-hybridized carbons (Fsp3) is 0.533. The molecule has 0 amide bonds. The topological polar surface area (TPSA) is 84.2 Å². The van der Waals surface area contributed by atoms with Gasteiger partial charge in [-0.15, -0.1) is 0 Å². The summed E-state index contributed by atoms with van der Waals surface area (Å²) in [6.45, 7) is 3.09. The van der Waals surface area contributed by atoms with Crippen molar-refractivity contribution in [2.45, 2.75) is 35.6 Å². The summed E-state index contributed by atoms with van der Waals surface area (Å²) in [4.78, 5) is 15.1. The molecule has 2 aromatic rings. The molecule has 3 fully saturated rings. The lowest BCUT2D eigenvalue weighted by Crippen LogP contribution is -2.70. The third kappa shape index (κ3) is 2.72. The van der Waals surface area contributed by atoms with Crippen molar-refractivity contribution in [2.24, 2.45) is 7.05 Å². The summed E-state index contributed by atoms with van der Waals surface area (Å²) in [6, 6.07) is 1.82. The van der Waals surface area contributed by atoms with E-state index in [1.54, 1.807) is 35.2 Å². The van der Waals surface area contributed by atoms with E-state index < -0.39 is 10.0 Å². The summed E-state index contributed by atoms with van der Waals surface area (Å²) < 4.78 is 29.2. The molecule has 2 aromatic heterocycles. The van der Waals surface area contributed by atoms with Crippen molar-refractivity contribution in [1.82, 2.24) is 23.8 Å². The Kier molecular flexibility index (Phi) is 4.00. The highest BCUT2D eigenvalue weighted by Crippen LogP contribution is 2.38. The van der Waals surface area contributed by atoms with Crippen LogP contribution >= 0.6 is 11.8 Å². The molecule has 2 atom stereocenters. The normalized spacial score (nSPS) is 23.6. The Morgan fingerprint density at radius 3 is 2.56 bits per heavy atom. The van der Waals surface area contributed by atoms with Crippen LogP contribution in [0.25, 0.3) is 0 Å². The predicted molar refractivity (Wildman–Crippen MR) is 95.2 cm³/mol. The van der Waals surface area contributed by atoms with Crippen molar-refractivity contribution >= 4 is 27.6 Å². The van der Waals surface area contributed by atoms with Gasteiger partial charge in [-0.25, -0.2) is 23.4 Å². The molecule has 5 heterocycles. The van der Waals surface area contributed by atoms with Gasteiger partial charge in [-0.1, -0.05) is 11.8 Å². The Morgan fingerprint density at radius 2 is 1.96 bits per heavy atom. The van der Waals surface area contributed by atoms with E-state index in [2.05, 4.69) is 19.9 Å². The zero-order chi connectivity index (χ0) is 17.8. The first-order valence-electron chi connectivity index (χ1n) is 8.05. The van der Waals surface area contributed by atoms with E-state index in [9.17, 15) is 8.42 Å². The molecule has 0 aliphatic carbocycles.